The molecule has 1 aliphatic carbocycles. The van der Waals surface area contributed by atoms with Crippen LogP contribution in [0.25, 0.3) is 0 Å². The van der Waals surface area contributed by atoms with Crippen molar-refractivity contribution in [2.75, 3.05) is 6.54 Å². The van der Waals surface area contributed by atoms with Crippen LogP contribution < -0.4 is 11.1 Å². The van der Waals surface area contributed by atoms with Gasteiger partial charge < -0.3 is 11.1 Å². The average molecular weight is 198 g/mol. The molecule has 1 saturated carbocycles. The van der Waals surface area contributed by atoms with E-state index < -0.39 is 0 Å². The molecule has 3 heteroatoms. The SMILES string of the molecule is CCC(C)(C)C(=O)NCC(N)C1CC1. The molecule has 0 aromatic rings. The van der Waals surface area contributed by atoms with Crippen LogP contribution in [0.2, 0.25) is 0 Å². The molecular weight excluding hydrogens is 176 g/mol. The van der Waals surface area contributed by atoms with E-state index in [1.165, 1.54) is 12.8 Å². The van der Waals surface area contributed by atoms with Crippen LogP contribution in [0.15, 0.2) is 0 Å². The van der Waals surface area contributed by atoms with Crippen LogP contribution in [0.3, 0.4) is 0 Å². The van der Waals surface area contributed by atoms with Gasteiger partial charge >= 0.3 is 0 Å². The Morgan fingerprint density at radius 3 is 2.57 bits per heavy atom. The first-order valence-electron chi connectivity index (χ1n) is 5.51. The van der Waals surface area contributed by atoms with E-state index in [2.05, 4.69) is 5.32 Å². The number of carbonyl (C=O) groups excluding carboxylic acids is 1. The summed E-state index contributed by atoms with van der Waals surface area (Å²) in [6.45, 7) is 6.59. The molecule has 14 heavy (non-hydrogen) atoms. The lowest BCUT2D eigenvalue weighted by atomic mass is 9.89. The second-order valence-corrected chi connectivity index (χ2v) is 4.95. The molecule has 1 atom stereocenters. The first-order chi connectivity index (χ1) is 6.47. The zero-order valence-electron chi connectivity index (χ0n) is 9.47. The number of hydrogen-bond acceptors (Lipinski definition) is 2. The average Bonchev–Trinajstić information content (AvgIpc) is 2.96. The Balaban J connectivity index is 2.26. The third-order valence-electron chi connectivity index (χ3n) is 3.22. The molecule has 0 aromatic heterocycles. The number of rotatable bonds is 5. The Kier molecular flexibility index (Phi) is 3.53. The molecule has 82 valence electrons. The van der Waals surface area contributed by atoms with Crippen molar-refractivity contribution in [3.05, 3.63) is 0 Å². The zero-order chi connectivity index (χ0) is 10.8. The lowest BCUT2D eigenvalue weighted by Gasteiger charge is -2.22. The highest BCUT2D eigenvalue weighted by Crippen LogP contribution is 2.31. The first kappa shape index (κ1) is 11.5. The van der Waals surface area contributed by atoms with Crippen LogP contribution in [0.1, 0.15) is 40.0 Å². The quantitative estimate of drug-likeness (QED) is 0.699. The fourth-order valence-electron chi connectivity index (χ4n) is 1.30. The van der Waals surface area contributed by atoms with Gasteiger partial charge in [-0.25, -0.2) is 0 Å². The van der Waals surface area contributed by atoms with Gasteiger partial charge in [-0.1, -0.05) is 20.8 Å². The molecule has 1 rings (SSSR count). The highest BCUT2D eigenvalue weighted by Gasteiger charge is 2.30. The van der Waals surface area contributed by atoms with Crippen molar-refractivity contribution in [2.45, 2.75) is 46.1 Å². The van der Waals surface area contributed by atoms with Crippen LogP contribution in [0.5, 0.6) is 0 Å². The molecule has 3 nitrogen and oxygen atoms in total. The number of hydrogen-bond donors (Lipinski definition) is 2. The predicted octanol–water partition coefficient (Wildman–Crippen LogP) is 1.28. The van der Waals surface area contributed by atoms with Crippen molar-refractivity contribution in [2.24, 2.45) is 17.1 Å². The van der Waals surface area contributed by atoms with E-state index in [1.54, 1.807) is 0 Å². The van der Waals surface area contributed by atoms with Crippen molar-refractivity contribution < 1.29 is 4.79 Å². The Bertz CT molecular complexity index is 209. The smallest absolute Gasteiger partial charge is 0.225 e. The maximum atomic E-state index is 11.7. The van der Waals surface area contributed by atoms with Gasteiger partial charge in [-0.15, -0.1) is 0 Å². The second-order valence-electron chi connectivity index (χ2n) is 4.95. The molecular formula is C11H22N2O. The van der Waals surface area contributed by atoms with Crippen molar-refractivity contribution in [3.8, 4) is 0 Å². The number of carbonyl (C=O) groups is 1. The monoisotopic (exact) mass is 198 g/mol. The molecule has 0 heterocycles. The summed E-state index contributed by atoms with van der Waals surface area (Å²) in [6, 6.07) is 0.159. The second kappa shape index (κ2) is 4.30. The summed E-state index contributed by atoms with van der Waals surface area (Å²) >= 11 is 0. The van der Waals surface area contributed by atoms with Crippen molar-refractivity contribution in [3.63, 3.8) is 0 Å². The molecule has 1 fully saturated rings. The van der Waals surface area contributed by atoms with Gasteiger partial charge in [0.25, 0.3) is 0 Å². The Hall–Kier alpha value is -0.570. The molecule has 0 aromatic carbocycles. The third-order valence-corrected chi connectivity index (χ3v) is 3.22. The number of amides is 1. The molecule has 0 aliphatic heterocycles. The van der Waals surface area contributed by atoms with E-state index in [-0.39, 0.29) is 17.4 Å². The van der Waals surface area contributed by atoms with Crippen molar-refractivity contribution >= 4 is 5.91 Å². The van der Waals surface area contributed by atoms with E-state index in [0.29, 0.717) is 12.5 Å². The van der Waals surface area contributed by atoms with Crippen LogP contribution in [0.4, 0.5) is 0 Å². The van der Waals surface area contributed by atoms with Gasteiger partial charge in [0.05, 0.1) is 0 Å². The summed E-state index contributed by atoms with van der Waals surface area (Å²) < 4.78 is 0. The maximum Gasteiger partial charge on any atom is 0.225 e. The van der Waals surface area contributed by atoms with Gasteiger partial charge in [0.15, 0.2) is 0 Å². The molecule has 1 amide bonds. The minimum absolute atomic E-state index is 0.121. The molecule has 1 aliphatic rings. The maximum absolute atomic E-state index is 11.7. The molecule has 1 unspecified atom stereocenters. The number of nitrogens with one attached hydrogen (secondary N) is 1. The van der Waals surface area contributed by atoms with Crippen molar-refractivity contribution in [1.29, 1.82) is 0 Å². The first-order valence-corrected chi connectivity index (χ1v) is 5.51. The van der Waals surface area contributed by atoms with E-state index in [9.17, 15) is 4.79 Å². The van der Waals surface area contributed by atoms with E-state index >= 15 is 0 Å². The Labute approximate surface area is 86.4 Å². The zero-order valence-corrected chi connectivity index (χ0v) is 9.47. The lowest BCUT2D eigenvalue weighted by Crippen LogP contribution is -2.43. The molecule has 0 saturated heterocycles. The molecule has 0 bridgehead atoms. The largest absolute Gasteiger partial charge is 0.354 e. The fraction of sp³-hybridized carbons (Fsp3) is 0.909. The fourth-order valence-corrected chi connectivity index (χ4v) is 1.30. The van der Waals surface area contributed by atoms with Gasteiger partial charge in [0, 0.05) is 18.0 Å². The molecule has 0 spiro atoms. The summed E-state index contributed by atoms with van der Waals surface area (Å²) in [5.74, 6) is 0.774. The minimum atomic E-state index is -0.261. The topological polar surface area (TPSA) is 55.1 Å². The number of nitrogens with two attached hydrogens (primary N) is 1. The van der Waals surface area contributed by atoms with E-state index in [1.807, 2.05) is 20.8 Å². The lowest BCUT2D eigenvalue weighted by molar-refractivity contribution is -0.129. The normalized spacial score (nSPS) is 19.1. The minimum Gasteiger partial charge on any atom is -0.354 e. The van der Waals surface area contributed by atoms with Crippen LogP contribution >= 0.6 is 0 Å². The molecule has 3 N–H and O–H groups in total. The van der Waals surface area contributed by atoms with Gasteiger partial charge in [0.1, 0.15) is 0 Å². The van der Waals surface area contributed by atoms with Gasteiger partial charge in [-0.05, 0) is 25.2 Å². The van der Waals surface area contributed by atoms with Gasteiger partial charge in [-0.3, -0.25) is 4.79 Å². The van der Waals surface area contributed by atoms with Crippen LogP contribution in [-0.2, 0) is 4.79 Å². The van der Waals surface area contributed by atoms with E-state index in [4.69, 9.17) is 5.73 Å². The Morgan fingerprint density at radius 2 is 2.14 bits per heavy atom. The highest BCUT2D eigenvalue weighted by atomic mass is 16.2. The van der Waals surface area contributed by atoms with E-state index in [0.717, 1.165) is 6.42 Å². The predicted molar refractivity (Wildman–Crippen MR) is 57.8 cm³/mol. The summed E-state index contributed by atoms with van der Waals surface area (Å²) in [7, 11) is 0. The standard InChI is InChI=1S/C11H22N2O/c1-4-11(2,3)10(14)13-7-9(12)8-5-6-8/h8-9H,4-7,12H2,1-3H3,(H,13,14). The third kappa shape index (κ3) is 2.98. The highest BCUT2D eigenvalue weighted by molar-refractivity contribution is 5.81. The summed E-state index contributed by atoms with van der Waals surface area (Å²) in [5, 5.41) is 2.93. The Morgan fingerprint density at radius 1 is 1.57 bits per heavy atom. The summed E-state index contributed by atoms with van der Waals surface area (Å²) in [4.78, 5) is 11.7. The van der Waals surface area contributed by atoms with Crippen LogP contribution in [-0.4, -0.2) is 18.5 Å². The summed E-state index contributed by atoms with van der Waals surface area (Å²) in [6.07, 6.45) is 3.32. The summed E-state index contributed by atoms with van der Waals surface area (Å²) in [5.41, 5.74) is 5.64. The van der Waals surface area contributed by atoms with Gasteiger partial charge in [-0.2, -0.15) is 0 Å². The van der Waals surface area contributed by atoms with Gasteiger partial charge in [0.2, 0.25) is 5.91 Å². The molecule has 0 radical (unpaired) electrons. The van der Waals surface area contributed by atoms with Crippen molar-refractivity contribution in [1.82, 2.24) is 5.32 Å². The van der Waals surface area contributed by atoms with Crippen LogP contribution in [0, 0.1) is 11.3 Å².